The zero-order chi connectivity index (χ0) is 15.1. The van der Waals surface area contributed by atoms with E-state index >= 15 is 0 Å². The normalized spacial score (nSPS) is 15.1. The molecule has 21 heavy (non-hydrogen) atoms. The molecule has 112 valence electrons. The van der Waals surface area contributed by atoms with Gasteiger partial charge in [-0.2, -0.15) is 0 Å². The van der Waals surface area contributed by atoms with Crippen molar-refractivity contribution in [2.24, 2.45) is 0 Å². The first-order valence-electron chi connectivity index (χ1n) is 6.93. The van der Waals surface area contributed by atoms with Crippen LogP contribution in [-0.4, -0.2) is 17.1 Å². The van der Waals surface area contributed by atoms with E-state index in [2.05, 4.69) is 32.1 Å². The Morgan fingerprint density at radius 2 is 2.05 bits per heavy atom. The summed E-state index contributed by atoms with van der Waals surface area (Å²) in [5.74, 6) is -0.245. The second-order valence-electron chi connectivity index (χ2n) is 4.96. The molecule has 0 aliphatic heterocycles. The van der Waals surface area contributed by atoms with Crippen molar-refractivity contribution in [3.63, 3.8) is 0 Å². The molecule has 0 atom stereocenters. The number of halogens is 1. The van der Waals surface area contributed by atoms with Crippen molar-refractivity contribution < 1.29 is 4.79 Å². The molecule has 0 radical (unpaired) electrons. The highest BCUT2D eigenvalue weighted by atomic mass is 79.9. The van der Waals surface area contributed by atoms with Crippen LogP contribution in [0.2, 0.25) is 0 Å². The van der Waals surface area contributed by atoms with Crippen LogP contribution in [0.3, 0.4) is 0 Å². The summed E-state index contributed by atoms with van der Waals surface area (Å²) in [7, 11) is 0. The van der Waals surface area contributed by atoms with Gasteiger partial charge in [-0.25, -0.2) is 0 Å². The molecule has 0 saturated heterocycles. The van der Waals surface area contributed by atoms with Crippen molar-refractivity contribution in [3.05, 3.63) is 40.4 Å². The average molecular weight is 368 g/mol. The number of carbonyl (C=O) groups is 1. The van der Waals surface area contributed by atoms with E-state index in [-0.39, 0.29) is 5.91 Å². The lowest BCUT2D eigenvalue weighted by Crippen LogP contribution is -2.48. The summed E-state index contributed by atoms with van der Waals surface area (Å²) in [5, 5.41) is 3.65. The summed E-state index contributed by atoms with van der Waals surface area (Å²) < 4.78 is 0.977. The van der Waals surface area contributed by atoms with Crippen LogP contribution in [0, 0.1) is 0 Å². The minimum absolute atomic E-state index is 0.245. The highest BCUT2D eigenvalue weighted by Crippen LogP contribution is 2.17. The first-order valence-corrected chi connectivity index (χ1v) is 8.14. The molecule has 1 aliphatic rings. The number of benzene rings is 1. The van der Waals surface area contributed by atoms with Crippen molar-refractivity contribution in [1.29, 1.82) is 0 Å². The molecule has 6 heteroatoms. The van der Waals surface area contributed by atoms with E-state index < -0.39 is 0 Å². The van der Waals surface area contributed by atoms with Crippen LogP contribution in [0.25, 0.3) is 6.08 Å². The van der Waals surface area contributed by atoms with Crippen LogP contribution in [-0.2, 0) is 4.79 Å². The molecular weight excluding hydrogens is 350 g/mol. The van der Waals surface area contributed by atoms with Gasteiger partial charge in [-0.05, 0) is 48.8 Å². The molecule has 0 aromatic heterocycles. The van der Waals surface area contributed by atoms with Crippen LogP contribution in [0.1, 0.15) is 31.2 Å². The maximum atomic E-state index is 11.7. The number of hydrazine groups is 1. The van der Waals surface area contributed by atoms with E-state index in [9.17, 15) is 4.79 Å². The Morgan fingerprint density at radius 3 is 2.76 bits per heavy atom. The smallest absolute Gasteiger partial charge is 0.262 e. The SMILES string of the molecule is O=C(/C=C/c1cccc(Br)c1)NNC(=S)NC1CCCC1. The topological polar surface area (TPSA) is 53.2 Å². The van der Waals surface area contributed by atoms with Gasteiger partial charge in [0.05, 0.1) is 0 Å². The van der Waals surface area contributed by atoms with Gasteiger partial charge >= 0.3 is 0 Å². The number of nitrogens with one attached hydrogen (secondary N) is 3. The molecular formula is C15H18BrN3OS. The molecule has 2 rings (SSSR count). The third-order valence-corrected chi connectivity index (χ3v) is 3.98. The zero-order valence-electron chi connectivity index (χ0n) is 11.6. The summed E-state index contributed by atoms with van der Waals surface area (Å²) in [6.07, 6.45) is 7.96. The standard InChI is InChI=1S/C15H18BrN3OS/c16-12-5-3-4-11(10-12)8-9-14(20)18-19-15(21)17-13-6-1-2-7-13/h3-5,8-10,13H,1-2,6-7H2,(H,18,20)(H2,17,19,21)/b9-8+. The molecule has 0 bridgehead atoms. The van der Waals surface area contributed by atoms with Gasteiger partial charge in [-0.3, -0.25) is 15.6 Å². The third kappa shape index (κ3) is 5.85. The molecule has 1 fully saturated rings. The number of rotatable bonds is 3. The van der Waals surface area contributed by atoms with Gasteiger partial charge in [0.1, 0.15) is 0 Å². The quantitative estimate of drug-likeness (QED) is 0.436. The van der Waals surface area contributed by atoms with Crippen molar-refractivity contribution >= 4 is 45.2 Å². The summed E-state index contributed by atoms with van der Waals surface area (Å²) in [5.41, 5.74) is 6.22. The summed E-state index contributed by atoms with van der Waals surface area (Å²) in [6, 6.07) is 8.14. The monoisotopic (exact) mass is 367 g/mol. The van der Waals surface area contributed by atoms with Crippen LogP contribution in [0.4, 0.5) is 0 Å². The van der Waals surface area contributed by atoms with Gasteiger partial charge < -0.3 is 5.32 Å². The second kappa shape index (κ2) is 8.14. The number of hydrogen-bond acceptors (Lipinski definition) is 2. The van der Waals surface area contributed by atoms with E-state index in [0.717, 1.165) is 22.9 Å². The van der Waals surface area contributed by atoms with Gasteiger partial charge in [0.15, 0.2) is 5.11 Å². The van der Waals surface area contributed by atoms with E-state index in [4.69, 9.17) is 12.2 Å². The molecule has 1 aromatic carbocycles. The Bertz CT molecular complexity index is 541. The lowest BCUT2D eigenvalue weighted by molar-refractivity contribution is -0.116. The van der Waals surface area contributed by atoms with Crippen LogP contribution in [0.15, 0.2) is 34.8 Å². The maximum Gasteiger partial charge on any atom is 0.262 e. The lowest BCUT2D eigenvalue weighted by atomic mass is 10.2. The highest BCUT2D eigenvalue weighted by Gasteiger charge is 2.15. The summed E-state index contributed by atoms with van der Waals surface area (Å²) in [6.45, 7) is 0. The Hall–Kier alpha value is -1.40. The molecule has 0 unspecified atom stereocenters. The van der Waals surface area contributed by atoms with Crippen molar-refractivity contribution in [2.75, 3.05) is 0 Å². The van der Waals surface area contributed by atoms with E-state index in [1.54, 1.807) is 6.08 Å². The van der Waals surface area contributed by atoms with Crippen molar-refractivity contribution in [3.8, 4) is 0 Å². The van der Waals surface area contributed by atoms with Gasteiger partial charge in [0.25, 0.3) is 5.91 Å². The van der Waals surface area contributed by atoms with E-state index in [0.29, 0.717) is 11.2 Å². The Labute approximate surface area is 138 Å². The van der Waals surface area contributed by atoms with Crippen LogP contribution >= 0.6 is 28.1 Å². The first kappa shape index (κ1) is 16.0. The van der Waals surface area contributed by atoms with Gasteiger partial charge in [-0.1, -0.05) is 40.9 Å². The maximum absolute atomic E-state index is 11.7. The van der Waals surface area contributed by atoms with Crippen LogP contribution in [0.5, 0.6) is 0 Å². The van der Waals surface area contributed by atoms with Crippen molar-refractivity contribution in [1.82, 2.24) is 16.2 Å². The molecule has 1 aliphatic carbocycles. The summed E-state index contributed by atoms with van der Waals surface area (Å²) in [4.78, 5) is 11.7. The first-order chi connectivity index (χ1) is 10.1. The molecule has 1 saturated carbocycles. The van der Waals surface area contributed by atoms with E-state index in [1.807, 2.05) is 24.3 Å². The molecule has 0 heterocycles. The fraction of sp³-hybridized carbons (Fsp3) is 0.333. The largest absolute Gasteiger partial charge is 0.359 e. The molecule has 1 amide bonds. The average Bonchev–Trinajstić information content (AvgIpc) is 2.96. The highest BCUT2D eigenvalue weighted by molar-refractivity contribution is 9.10. The Morgan fingerprint density at radius 1 is 1.29 bits per heavy atom. The minimum Gasteiger partial charge on any atom is -0.359 e. The van der Waals surface area contributed by atoms with Crippen LogP contribution < -0.4 is 16.2 Å². The van der Waals surface area contributed by atoms with E-state index in [1.165, 1.54) is 18.9 Å². The predicted molar refractivity (Wildman–Crippen MR) is 92.4 cm³/mol. The fourth-order valence-electron chi connectivity index (χ4n) is 2.23. The third-order valence-electron chi connectivity index (χ3n) is 3.27. The Balaban J connectivity index is 1.72. The fourth-order valence-corrected chi connectivity index (χ4v) is 2.87. The molecule has 3 N–H and O–H groups in total. The number of thiocarbonyl (C=S) groups is 1. The van der Waals surface area contributed by atoms with Gasteiger partial charge in [0, 0.05) is 16.6 Å². The number of carbonyl (C=O) groups excluding carboxylic acids is 1. The second-order valence-corrected chi connectivity index (χ2v) is 6.28. The zero-order valence-corrected chi connectivity index (χ0v) is 14.0. The van der Waals surface area contributed by atoms with Gasteiger partial charge in [-0.15, -0.1) is 0 Å². The lowest BCUT2D eigenvalue weighted by Gasteiger charge is -2.15. The number of hydrogen-bond donors (Lipinski definition) is 3. The summed E-state index contributed by atoms with van der Waals surface area (Å²) >= 11 is 8.52. The minimum atomic E-state index is -0.245. The molecule has 1 aromatic rings. The van der Waals surface area contributed by atoms with Crippen molar-refractivity contribution in [2.45, 2.75) is 31.7 Å². The molecule has 0 spiro atoms. The predicted octanol–water partition coefficient (Wildman–Crippen LogP) is 2.90. The molecule has 4 nitrogen and oxygen atoms in total. The Kier molecular flexibility index (Phi) is 6.20. The van der Waals surface area contributed by atoms with Gasteiger partial charge in [0.2, 0.25) is 0 Å². The number of amides is 1.